The summed E-state index contributed by atoms with van der Waals surface area (Å²) in [5, 5.41) is 6.49. The van der Waals surface area contributed by atoms with Crippen LogP contribution in [0.1, 0.15) is 55.5 Å². The number of benzene rings is 1. The first-order chi connectivity index (χ1) is 14.9. The summed E-state index contributed by atoms with van der Waals surface area (Å²) in [4.78, 5) is 17.2. The highest BCUT2D eigenvalue weighted by Gasteiger charge is 2.25. The minimum atomic E-state index is -0.606. The lowest BCUT2D eigenvalue weighted by molar-refractivity contribution is 0.0880. The molecule has 1 saturated carbocycles. The summed E-state index contributed by atoms with van der Waals surface area (Å²) in [7, 11) is 0. The smallest absolute Gasteiger partial charge is 0.252 e. The van der Waals surface area contributed by atoms with Gasteiger partial charge in [0.2, 0.25) is 0 Å². The van der Waals surface area contributed by atoms with E-state index < -0.39 is 5.54 Å². The average Bonchev–Trinajstić information content (AvgIpc) is 3.25. The molecular formula is C22H28N6O2S. The van der Waals surface area contributed by atoms with Gasteiger partial charge in [0.1, 0.15) is 24.0 Å². The third-order valence-electron chi connectivity index (χ3n) is 5.35. The second kappa shape index (κ2) is 9.05. The molecule has 1 aromatic heterocycles. The fourth-order valence-electron chi connectivity index (χ4n) is 3.77. The third kappa shape index (κ3) is 5.22. The van der Waals surface area contributed by atoms with Gasteiger partial charge < -0.3 is 25.8 Å². The lowest BCUT2D eigenvalue weighted by Gasteiger charge is -2.27. The minimum absolute atomic E-state index is 0.167. The summed E-state index contributed by atoms with van der Waals surface area (Å²) >= 11 is 1.19. The van der Waals surface area contributed by atoms with Crippen molar-refractivity contribution in [2.45, 2.75) is 51.1 Å². The number of aromatic nitrogens is 1. The highest BCUT2D eigenvalue weighted by molar-refractivity contribution is 7.99. The van der Waals surface area contributed by atoms with Crippen LogP contribution in [0.5, 0.6) is 5.75 Å². The zero-order valence-electron chi connectivity index (χ0n) is 17.8. The van der Waals surface area contributed by atoms with Crippen molar-refractivity contribution in [1.82, 2.24) is 10.3 Å². The van der Waals surface area contributed by atoms with Crippen molar-refractivity contribution in [2.75, 3.05) is 16.6 Å². The van der Waals surface area contributed by atoms with Crippen LogP contribution in [0, 0.1) is 0 Å². The van der Waals surface area contributed by atoms with Gasteiger partial charge in [0.25, 0.3) is 5.91 Å². The van der Waals surface area contributed by atoms with E-state index in [4.69, 9.17) is 10.5 Å². The number of hydrogen-bond acceptors (Lipinski definition) is 8. The molecule has 1 aromatic carbocycles. The predicted octanol–water partition coefficient (Wildman–Crippen LogP) is 3.72. The molecule has 1 aliphatic carbocycles. The van der Waals surface area contributed by atoms with Crippen LogP contribution >= 0.6 is 12.1 Å². The molecule has 4 rings (SSSR count). The van der Waals surface area contributed by atoms with Crippen molar-refractivity contribution in [2.24, 2.45) is 10.1 Å². The molecule has 0 atom stereocenters. The van der Waals surface area contributed by atoms with Crippen LogP contribution in [0.3, 0.4) is 0 Å². The number of nitrogens with zero attached hydrogens (tertiary/aromatic N) is 2. The number of rotatable bonds is 7. The van der Waals surface area contributed by atoms with Gasteiger partial charge in [-0.3, -0.25) is 4.79 Å². The maximum absolute atomic E-state index is 12.9. The molecule has 5 N–H and O–H groups in total. The first kappa shape index (κ1) is 21.3. The quantitative estimate of drug-likeness (QED) is 0.485. The third-order valence-corrected chi connectivity index (χ3v) is 5.95. The Morgan fingerprint density at radius 2 is 2.13 bits per heavy atom. The molecule has 2 aliphatic rings. The molecule has 0 saturated heterocycles. The SMILES string of the molecule is CC(C)(COc1cccc2c1C(N)=NSN2)NC(=O)c1ccnc(NC2CCCC2)c1. The van der Waals surface area contributed by atoms with Crippen LogP contribution < -0.4 is 25.8 Å². The lowest BCUT2D eigenvalue weighted by atomic mass is 10.1. The summed E-state index contributed by atoms with van der Waals surface area (Å²) in [6.07, 6.45) is 6.44. The monoisotopic (exact) mass is 440 g/mol. The Labute approximate surface area is 186 Å². The van der Waals surface area contributed by atoms with E-state index in [0.29, 0.717) is 23.2 Å². The largest absolute Gasteiger partial charge is 0.490 e. The van der Waals surface area contributed by atoms with Gasteiger partial charge >= 0.3 is 0 Å². The van der Waals surface area contributed by atoms with Crippen molar-refractivity contribution >= 4 is 35.4 Å². The number of hydrogen-bond donors (Lipinski definition) is 4. The average molecular weight is 441 g/mol. The number of nitrogens with one attached hydrogen (secondary N) is 3. The standard InChI is InChI=1S/C22H28N6O2S/c1-22(2,13-30-17-9-5-8-16-19(17)20(23)28-31-27-16)26-21(29)14-10-11-24-18(12-14)25-15-6-3-4-7-15/h5,8-12,15,27H,3-4,6-7,13H2,1-2H3,(H2,23,28)(H,24,25)(H,26,29). The topological polar surface area (TPSA) is 114 Å². The van der Waals surface area contributed by atoms with E-state index in [-0.39, 0.29) is 12.5 Å². The summed E-state index contributed by atoms with van der Waals surface area (Å²) in [6.45, 7) is 4.11. The molecule has 1 amide bonds. The number of carbonyl (C=O) groups is 1. The first-order valence-corrected chi connectivity index (χ1v) is 11.3. The number of fused-ring (bicyclic) bond motifs is 1. The van der Waals surface area contributed by atoms with Crippen molar-refractivity contribution in [3.63, 3.8) is 0 Å². The normalized spacial score (nSPS) is 16.1. The molecule has 2 aromatic rings. The maximum Gasteiger partial charge on any atom is 0.252 e. The van der Waals surface area contributed by atoms with Gasteiger partial charge in [-0.2, -0.15) is 4.40 Å². The van der Waals surface area contributed by atoms with Gasteiger partial charge in [-0.1, -0.05) is 18.9 Å². The zero-order valence-corrected chi connectivity index (χ0v) is 18.6. The van der Waals surface area contributed by atoms with Gasteiger partial charge in [-0.25, -0.2) is 4.98 Å². The number of ether oxygens (including phenoxy) is 1. The Hall–Kier alpha value is -2.94. The molecule has 0 radical (unpaired) electrons. The number of pyridine rings is 1. The number of carbonyl (C=O) groups excluding carboxylic acids is 1. The molecule has 0 spiro atoms. The molecule has 164 valence electrons. The summed E-state index contributed by atoms with van der Waals surface area (Å²) in [5.74, 6) is 1.61. The van der Waals surface area contributed by atoms with E-state index in [1.165, 1.54) is 25.0 Å². The van der Waals surface area contributed by atoms with Gasteiger partial charge in [-0.05, 0) is 51.0 Å². The summed E-state index contributed by atoms with van der Waals surface area (Å²) in [5.41, 5.74) is 7.60. The van der Waals surface area contributed by atoms with Crippen molar-refractivity contribution in [3.05, 3.63) is 47.7 Å². The minimum Gasteiger partial charge on any atom is -0.490 e. The Morgan fingerprint density at radius 3 is 2.94 bits per heavy atom. The second-order valence-electron chi connectivity index (χ2n) is 8.53. The molecule has 2 heterocycles. The molecule has 0 bridgehead atoms. The summed E-state index contributed by atoms with van der Waals surface area (Å²) in [6, 6.07) is 9.63. The first-order valence-electron chi connectivity index (χ1n) is 10.5. The van der Waals surface area contributed by atoms with Gasteiger partial charge in [-0.15, -0.1) is 0 Å². The number of amides is 1. The van der Waals surface area contributed by atoms with Gasteiger partial charge in [0.05, 0.1) is 28.9 Å². The second-order valence-corrected chi connectivity index (χ2v) is 9.10. The van der Waals surface area contributed by atoms with E-state index in [9.17, 15) is 4.79 Å². The highest BCUT2D eigenvalue weighted by Crippen LogP contribution is 2.32. The molecular weight excluding hydrogens is 412 g/mol. The number of anilines is 2. The van der Waals surface area contributed by atoms with Crippen LogP contribution in [0.4, 0.5) is 11.5 Å². The van der Waals surface area contributed by atoms with Crippen molar-refractivity contribution in [1.29, 1.82) is 0 Å². The number of nitrogens with two attached hydrogens (primary N) is 1. The highest BCUT2D eigenvalue weighted by atomic mass is 32.2. The van der Waals surface area contributed by atoms with Crippen molar-refractivity contribution < 1.29 is 9.53 Å². The fourth-order valence-corrected chi connectivity index (χ4v) is 4.27. The lowest BCUT2D eigenvalue weighted by Crippen LogP contribution is -2.48. The molecule has 0 unspecified atom stereocenters. The Bertz CT molecular complexity index is 988. The molecule has 1 aliphatic heterocycles. The van der Waals surface area contributed by atoms with Crippen LogP contribution in [-0.2, 0) is 0 Å². The van der Waals surface area contributed by atoms with Crippen LogP contribution in [0.15, 0.2) is 40.9 Å². The Balaban J connectivity index is 1.39. The Morgan fingerprint density at radius 1 is 1.32 bits per heavy atom. The zero-order chi connectivity index (χ0) is 21.8. The molecule has 1 fully saturated rings. The van der Waals surface area contributed by atoms with Crippen LogP contribution in [0.25, 0.3) is 0 Å². The Kier molecular flexibility index (Phi) is 6.22. The van der Waals surface area contributed by atoms with E-state index in [0.717, 1.165) is 29.9 Å². The van der Waals surface area contributed by atoms with Crippen LogP contribution in [0.2, 0.25) is 0 Å². The molecule has 31 heavy (non-hydrogen) atoms. The predicted molar refractivity (Wildman–Crippen MR) is 126 cm³/mol. The van der Waals surface area contributed by atoms with E-state index in [1.807, 2.05) is 32.0 Å². The van der Waals surface area contributed by atoms with E-state index in [2.05, 4.69) is 24.7 Å². The fraction of sp³-hybridized carbons (Fsp3) is 0.409. The maximum atomic E-state index is 12.9. The molecule has 9 heteroatoms. The van der Waals surface area contributed by atoms with Gasteiger partial charge in [0, 0.05) is 17.8 Å². The van der Waals surface area contributed by atoms with Crippen molar-refractivity contribution in [3.8, 4) is 5.75 Å². The van der Waals surface area contributed by atoms with E-state index >= 15 is 0 Å². The van der Waals surface area contributed by atoms with E-state index in [1.54, 1.807) is 18.3 Å². The summed E-state index contributed by atoms with van der Waals surface area (Å²) < 4.78 is 13.3. The molecule has 8 nitrogen and oxygen atoms in total. The van der Waals surface area contributed by atoms with Gasteiger partial charge in [0.15, 0.2) is 0 Å². The number of amidine groups is 1. The van der Waals surface area contributed by atoms with Crippen LogP contribution in [-0.4, -0.2) is 34.9 Å².